The highest BCUT2D eigenvalue weighted by atomic mass is 35.5. The molecule has 0 fully saturated rings. The van der Waals surface area contributed by atoms with Gasteiger partial charge in [0.15, 0.2) is 0 Å². The molecule has 0 bridgehead atoms. The Balaban J connectivity index is 2.42. The van der Waals surface area contributed by atoms with Crippen LogP contribution in [-0.4, -0.2) is 16.3 Å². The Labute approximate surface area is 136 Å². The number of hydrogen-bond donors (Lipinski definition) is 1. The molecule has 0 radical (unpaired) electrons. The smallest absolute Gasteiger partial charge is 0.0677 e. The lowest BCUT2D eigenvalue weighted by Crippen LogP contribution is -2.09. The van der Waals surface area contributed by atoms with E-state index in [4.69, 9.17) is 34.0 Å². The molecule has 0 aliphatic heterocycles. The summed E-state index contributed by atoms with van der Waals surface area (Å²) in [5.41, 5.74) is 10.4. The van der Waals surface area contributed by atoms with Gasteiger partial charge >= 0.3 is 0 Å². The quantitative estimate of drug-likeness (QED) is 0.876. The van der Waals surface area contributed by atoms with E-state index < -0.39 is 0 Å². The van der Waals surface area contributed by atoms with Gasteiger partial charge in [-0.1, -0.05) is 49.2 Å². The Kier molecular flexibility index (Phi) is 5.68. The molecule has 3 nitrogen and oxygen atoms in total. The van der Waals surface area contributed by atoms with Crippen LogP contribution in [0.4, 0.5) is 0 Å². The summed E-state index contributed by atoms with van der Waals surface area (Å²) in [7, 11) is 0. The largest absolute Gasteiger partial charge is 0.330 e. The molecule has 2 rings (SSSR count). The van der Waals surface area contributed by atoms with Gasteiger partial charge in [-0.25, -0.2) is 0 Å². The second kappa shape index (κ2) is 7.30. The summed E-state index contributed by atoms with van der Waals surface area (Å²) in [6.07, 6.45) is 2.72. The first kappa shape index (κ1) is 16.3. The van der Waals surface area contributed by atoms with E-state index >= 15 is 0 Å². The van der Waals surface area contributed by atoms with E-state index in [2.05, 4.69) is 13.8 Å². The molecule has 1 heterocycles. The summed E-state index contributed by atoms with van der Waals surface area (Å²) >= 11 is 12.4. The molecule has 21 heavy (non-hydrogen) atoms. The molecule has 0 saturated carbocycles. The molecule has 2 N–H and O–H groups in total. The zero-order valence-corrected chi connectivity index (χ0v) is 14.0. The van der Waals surface area contributed by atoms with Crippen LogP contribution >= 0.6 is 23.2 Å². The number of aromatic nitrogens is 2. The zero-order valence-electron chi connectivity index (χ0n) is 12.5. The Bertz CT molecular complexity index is 620. The SMILES string of the molecule is CCc1nn(Cc2cccc(Cl)c2Cl)c(CC)c1CCN. The third kappa shape index (κ3) is 3.42. The lowest BCUT2D eigenvalue weighted by atomic mass is 10.1. The van der Waals surface area contributed by atoms with E-state index in [1.807, 2.05) is 16.8 Å². The molecule has 0 aliphatic rings. The Hall–Kier alpha value is -1.03. The van der Waals surface area contributed by atoms with Crippen LogP contribution in [0.15, 0.2) is 18.2 Å². The van der Waals surface area contributed by atoms with Crippen molar-refractivity contribution in [1.82, 2.24) is 9.78 Å². The highest BCUT2D eigenvalue weighted by Crippen LogP contribution is 2.27. The average molecular weight is 326 g/mol. The van der Waals surface area contributed by atoms with Crippen LogP contribution in [-0.2, 0) is 25.8 Å². The molecular formula is C16H21Cl2N3. The standard InChI is InChI=1S/C16H21Cl2N3/c1-3-14-12(8-9-19)15(4-2)21(20-14)10-11-6-5-7-13(17)16(11)18/h5-7H,3-4,8-10,19H2,1-2H3. The second-order valence-corrected chi connectivity index (χ2v) is 5.77. The molecule has 0 aliphatic carbocycles. The third-order valence-corrected chi connectivity index (χ3v) is 4.52. The number of halogens is 2. The fraction of sp³-hybridized carbons (Fsp3) is 0.438. The van der Waals surface area contributed by atoms with E-state index in [-0.39, 0.29) is 0 Å². The van der Waals surface area contributed by atoms with Crippen molar-refractivity contribution in [2.24, 2.45) is 5.73 Å². The first-order valence-corrected chi connectivity index (χ1v) is 8.08. The van der Waals surface area contributed by atoms with Crippen molar-refractivity contribution in [2.75, 3.05) is 6.54 Å². The topological polar surface area (TPSA) is 43.8 Å². The van der Waals surface area contributed by atoms with Gasteiger partial charge < -0.3 is 5.73 Å². The molecule has 5 heteroatoms. The number of rotatable bonds is 6. The van der Waals surface area contributed by atoms with E-state index in [1.165, 1.54) is 11.3 Å². The van der Waals surface area contributed by atoms with Gasteiger partial charge in [-0.3, -0.25) is 4.68 Å². The lowest BCUT2D eigenvalue weighted by molar-refractivity contribution is 0.639. The maximum Gasteiger partial charge on any atom is 0.0677 e. The van der Waals surface area contributed by atoms with Gasteiger partial charge in [0.2, 0.25) is 0 Å². The van der Waals surface area contributed by atoms with E-state index in [9.17, 15) is 0 Å². The highest BCUT2D eigenvalue weighted by Gasteiger charge is 2.16. The van der Waals surface area contributed by atoms with E-state index in [1.54, 1.807) is 6.07 Å². The monoisotopic (exact) mass is 325 g/mol. The normalized spacial score (nSPS) is 11.1. The van der Waals surface area contributed by atoms with Crippen molar-refractivity contribution in [3.8, 4) is 0 Å². The molecule has 0 amide bonds. The molecule has 0 spiro atoms. The fourth-order valence-electron chi connectivity index (χ4n) is 2.66. The van der Waals surface area contributed by atoms with E-state index in [0.717, 1.165) is 30.5 Å². The van der Waals surface area contributed by atoms with Crippen molar-refractivity contribution in [3.63, 3.8) is 0 Å². The third-order valence-electron chi connectivity index (χ3n) is 3.67. The summed E-state index contributed by atoms with van der Waals surface area (Å²) in [6.45, 7) is 5.55. The predicted molar refractivity (Wildman–Crippen MR) is 89.3 cm³/mol. The van der Waals surface area contributed by atoms with Crippen LogP contribution in [0.3, 0.4) is 0 Å². The van der Waals surface area contributed by atoms with Crippen LogP contribution in [0, 0.1) is 0 Å². The van der Waals surface area contributed by atoms with Crippen molar-refractivity contribution < 1.29 is 0 Å². The molecule has 0 saturated heterocycles. The van der Waals surface area contributed by atoms with Gasteiger partial charge in [0, 0.05) is 5.69 Å². The molecule has 1 aromatic heterocycles. The van der Waals surface area contributed by atoms with Crippen LogP contribution in [0.1, 0.15) is 36.4 Å². The maximum atomic E-state index is 6.29. The number of hydrogen-bond acceptors (Lipinski definition) is 2. The van der Waals surface area contributed by atoms with Crippen LogP contribution in [0.25, 0.3) is 0 Å². The van der Waals surface area contributed by atoms with Gasteiger partial charge in [-0.05, 0) is 43.0 Å². The summed E-state index contributed by atoms with van der Waals surface area (Å²) in [6, 6.07) is 5.71. The van der Waals surface area contributed by atoms with Crippen molar-refractivity contribution in [2.45, 2.75) is 39.7 Å². The van der Waals surface area contributed by atoms with Gasteiger partial charge in [0.25, 0.3) is 0 Å². The minimum absolute atomic E-state index is 0.581. The van der Waals surface area contributed by atoms with E-state index in [0.29, 0.717) is 23.1 Å². The summed E-state index contributed by atoms with van der Waals surface area (Å²) in [5, 5.41) is 5.93. The first-order valence-electron chi connectivity index (χ1n) is 7.32. The zero-order chi connectivity index (χ0) is 15.4. The fourth-order valence-corrected chi connectivity index (χ4v) is 3.04. The summed E-state index contributed by atoms with van der Waals surface area (Å²) < 4.78 is 2.04. The minimum atomic E-state index is 0.581. The number of nitrogens with two attached hydrogens (primary N) is 1. The van der Waals surface area contributed by atoms with Crippen molar-refractivity contribution >= 4 is 23.2 Å². The number of nitrogens with zero attached hydrogens (tertiary/aromatic N) is 2. The number of aryl methyl sites for hydroxylation is 1. The molecular weight excluding hydrogens is 305 g/mol. The Morgan fingerprint density at radius 2 is 1.95 bits per heavy atom. The minimum Gasteiger partial charge on any atom is -0.330 e. The molecule has 1 aromatic carbocycles. The lowest BCUT2D eigenvalue weighted by Gasteiger charge is -2.10. The van der Waals surface area contributed by atoms with Gasteiger partial charge in [0.1, 0.15) is 0 Å². The van der Waals surface area contributed by atoms with Gasteiger partial charge in [-0.2, -0.15) is 5.10 Å². The Morgan fingerprint density at radius 1 is 1.19 bits per heavy atom. The van der Waals surface area contributed by atoms with Gasteiger partial charge in [0.05, 0.1) is 22.3 Å². The number of benzene rings is 1. The first-order chi connectivity index (χ1) is 10.1. The highest BCUT2D eigenvalue weighted by molar-refractivity contribution is 6.42. The summed E-state index contributed by atoms with van der Waals surface area (Å²) in [5.74, 6) is 0. The molecule has 0 atom stereocenters. The van der Waals surface area contributed by atoms with Crippen LogP contribution < -0.4 is 5.73 Å². The molecule has 0 unspecified atom stereocenters. The molecule has 2 aromatic rings. The average Bonchev–Trinajstić information content (AvgIpc) is 2.81. The maximum absolute atomic E-state index is 6.29. The predicted octanol–water partition coefficient (Wildman–Crippen LogP) is 3.86. The van der Waals surface area contributed by atoms with Crippen LogP contribution in [0.5, 0.6) is 0 Å². The Morgan fingerprint density at radius 3 is 2.57 bits per heavy atom. The van der Waals surface area contributed by atoms with Crippen LogP contribution in [0.2, 0.25) is 10.0 Å². The van der Waals surface area contributed by atoms with Gasteiger partial charge in [-0.15, -0.1) is 0 Å². The second-order valence-electron chi connectivity index (χ2n) is 4.99. The molecule has 114 valence electrons. The van der Waals surface area contributed by atoms with Crippen molar-refractivity contribution in [3.05, 3.63) is 50.8 Å². The van der Waals surface area contributed by atoms with Crippen molar-refractivity contribution in [1.29, 1.82) is 0 Å². The summed E-state index contributed by atoms with van der Waals surface area (Å²) in [4.78, 5) is 0.